The van der Waals surface area contributed by atoms with Crippen molar-refractivity contribution in [2.75, 3.05) is 6.54 Å². The van der Waals surface area contributed by atoms with Crippen LogP contribution in [0, 0.1) is 5.92 Å². The van der Waals surface area contributed by atoms with Crippen LogP contribution in [0.1, 0.15) is 38.8 Å². The first-order valence-electron chi connectivity index (χ1n) is 6.34. The quantitative estimate of drug-likeness (QED) is 0.627. The maximum absolute atomic E-state index is 9.77. The normalized spacial score (nSPS) is 14.7. The predicted molar refractivity (Wildman–Crippen MR) is 71.7 cm³/mol. The van der Waals surface area contributed by atoms with Crippen molar-refractivity contribution in [2.24, 2.45) is 5.92 Å². The summed E-state index contributed by atoms with van der Waals surface area (Å²) in [6.07, 6.45) is 0.312. The highest BCUT2D eigenvalue weighted by atomic mass is 16.3. The van der Waals surface area contributed by atoms with E-state index >= 15 is 0 Å². The molecule has 0 saturated carbocycles. The summed E-state index contributed by atoms with van der Waals surface area (Å²) in [5.74, 6) is 0.567. The Bertz CT molecular complexity index is 359. The first-order valence-corrected chi connectivity index (χ1v) is 6.34. The predicted octanol–water partition coefficient (Wildman–Crippen LogP) is 2.16. The molecular formula is C14H23NO3. The van der Waals surface area contributed by atoms with Gasteiger partial charge in [0.25, 0.3) is 0 Å². The highest BCUT2D eigenvalue weighted by Gasteiger charge is 2.16. The van der Waals surface area contributed by atoms with Gasteiger partial charge in [0.1, 0.15) is 11.5 Å². The minimum absolute atomic E-state index is 0.0633. The minimum atomic E-state index is -0.416. The summed E-state index contributed by atoms with van der Waals surface area (Å²) < 4.78 is 0. The van der Waals surface area contributed by atoms with Crippen LogP contribution in [0.5, 0.6) is 11.5 Å². The number of hydrogen-bond donors (Lipinski definition) is 4. The summed E-state index contributed by atoms with van der Waals surface area (Å²) >= 11 is 0. The van der Waals surface area contributed by atoms with E-state index < -0.39 is 6.10 Å². The number of aromatic hydroxyl groups is 2. The first kappa shape index (κ1) is 14.8. The highest BCUT2D eigenvalue weighted by Crippen LogP contribution is 2.32. The summed E-state index contributed by atoms with van der Waals surface area (Å²) in [5.41, 5.74) is 0.467. The molecule has 1 aromatic carbocycles. The number of rotatable bonds is 6. The molecule has 0 spiro atoms. The zero-order valence-electron chi connectivity index (χ0n) is 11.2. The molecule has 0 radical (unpaired) electrons. The molecular weight excluding hydrogens is 230 g/mol. The fourth-order valence-corrected chi connectivity index (χ4v) is 2.03. The smallest absolute Gasteiger partial charge is 0.124 e. The van der Waals surface area contributed by atoms with Gasteiger partial charge in [-0.3, -0.25) is 0 Å². The first-order chi connectivity index (χ1) is 8.41. The molecule has 0 amide bonds. The SMILES string of the molecule is CC(C)CC(O)CNC(C)c1c(O)cccc1O. The average molecular weight is 253 g/mol. The maximum atomic E-state index is 9.77. The molecule has 1 aromatic rings. The van der Waals surface area contributed by atoms with Crippen LogP contribution in [-0.4, -0.2) is 28.0 Å². The Morgan fingerprint density at radius 3 is 2.17 bits per heavy atom. The van der Waals surface area contributed by atoms with Crippen LogP contribution < -0.4 is 5.32 Å². The third-order valence-corrected chi connectivity index (χ3v) is 2.90. The Hall–Kier alpha value is -1.26. The van der Waals surface area contributed by atoms with E-state index in [9.17, 15) is 15.3 Å². The molecule has 102 valence electrons. The summed E-state index contributed by atoms with van der Waals surface area (Å²) in [5, 5.41) is 32.3. The topological polar surface area (TPSA) is 72.7 Å². The Balaban J connectivity index is 2.58. The van der Waals surface area contributed by atoms with Gasteiger partial charge in [-0.1, -0.05) is 19.9 Å². The monoisotopic (exact) mass is 253 g/mol. The van der Waals surface area contributed by atoms with Gasteiger partial charge in [-0.15, -0.1) is 0 Å². The number of phenolic OH excluding ortho intramolecular Hbond substituents is 2. The van der Waals surface area contributed by atoms with Crippen LogP contribution in [0.2, 0.25) is 0 Å². The largest absolute Gasteiger partial charge is 0.507 e. The van der Waals surface area contributed by atoms with Crippen molar-refractivity contribution in [3.05, 3.63) is 23.8 Å². The van der Waals surface area contributed by atoms with Crippen molar-refractivity contribution >= 4 is 0 Å². The molecule has 18 heavy (non-hydrogen) atoms. The Kier molecular flexibility index (Phi) is 5.44. The molecule has 0 aliphatic heterocycles. The zero-order valence-corrected chi connectivity index (χ0v) is 11.2. The van der Waals surface area contributed by atoms with Crippen molar-refractivity contribution in [1.29, 1.82) is 0 Å². The maximum Gasteiger partial charge on any atom is 0.124 e. The number of hydrogen-bond acceptors (Lipinski definition) is 4. The van der Waals surface area contributed by atoms with Gasteiger partial charge in [0.05, 0.1) is 11.7 Å². The molecule has 0 aromatic heterocycles. The van der Waals surface area contributed by atoms with Crippen LogP contribution in [0.3, 0.4) is 0 Å². The number of benzene rings is 1. The Morgan fingerprint density at radius 2 is 1.67 bits per heavy atom. The van der Waals surface area contributed by atoms with Crippen LogP contribution >= 0.6 is 0 Å². The van der Waals surface area contributed by atoms with Crippen LogP contribution in [0.4, 0.5) is 0 Å². The van der Waals surface area contributed by atoms with Gasteiger partial charge in [-0.05, 0) is 31.4 Å². The lowest BCUT2D eigenvalue weighted by molar-refractivity contribution is 0.143. The van der Waals surface area contributed by atoms with E-state index in [-0.39, 0.29) is 17.5 Å². The summed E-state index contributed by atoms with van der Waals surface area (Å²) in [4.78, 5) is 0. The lowest BCUT2D eigenvalue weighted by Crippen LogP contribution is -2.30. The molecule has 4 N–H and O–H groups in total. The van der Waals surface area contributed by atoms with E-state index in [1.54, 1.807) is 6.07 Å². The fourth-order valence-electron chi connectivity index (χ4n) is 2.03. The van der Waals surface area contributed by atoms with E-state index in [1.807, 2.05) is 6.92 Å². The second-order valence-corrected chi connectivity index (χ2v) is 5.12. The molecule has 4 nitrogen and oxygen atoms in total. The van der Waals surface area contributed by atoms with Gasteiger partial charge in [0.15, 0.2) is 0 Å². The van der Waals surface area contributed by atoms with E-state index in [0.717, 1.165) is 6.42 Å². The van der Waals surface area contributed by atoms with Gasteiger partial charge >= 0.3 is 0 Å². The van der Waals surface area contributed by atoms with Crippen molar-refractivity contribution in [3.63, 3.8) is 0 Å². The summed E-state index contributed by atoms with van der Waals surface area (Å²) in [6, 6.07) is 4.46. The number of aliphatic hydroxyl groups is 1. The summed E-state index contributed by atoms with van der Waals surface area (Å²) in [6.45, 7) is 6.40. The molecule has 1 rings (SSSR count). The lowest BCUT2D eigenvalue weighted by atomic mass is 10.0. The van der Waals surface area contributed by atoms with E-state index in [0.29, 0.717) is 18.0 Å². The van der Waals surface area contributed by atoms with Gasteiger partial charge in [-0.2, -0.15) is 0 Å². The van der Waals surface area contributed by atoms with Gasteiger partial charge in [0, 0.05) is 12.6 Å². The molecule has 0 aliphatic carbocycles. The molecule has 2 atom stereocenters. The van der Waals surface area contributed by atoms with Crippen molar-refractivity contribution in [1.82, 2.24) is 5.32 Å². The van der Waals surface area contributed by atoms with E-state index in [1.165, 1.54) is 12.1 Å². The third kappa shape index (κ3) is 4.20. The molecule has 4 heteroatoms. The Morgan fingerprint density at radius 1 is 1.11 bits per heavy atom. The number of aliphatic hydroxyl groups excluding tert-OH is 1. The van der Waals surface area contributed by atoms with Gasteiger partial charge < -0.3 is 20.6 Å². The van der Waals surface area contributed by atoms with Crippen molar-refractivity contribution < 1.29 is 15.3 Å². The van der Waals surface area contributed by atoms with Crippen LogP contribution in [0.25, 0.3) is 0 Å². The van der Waals surface area contributed by atoms with Crippen molar-refractivity contribution in [3.8, 4) is 11.5 Å². The standard InChI is InChI=1S/C14H23NO3/c1-9(2)7-11(16)8-15-10(3)14-12(17)5-4-6-13(14)18/h4-6,9-11,15-18H,7-8H2,1-3H3. The molecule has 0 fully saturated rings. The number of phenols is 2. The van der Waals surface area contributed by atoms with Gasteiger partial charge in [0.2, 0.25) is 0 Å². The lowest BCUT2D eigenvalue weighted by Gasteiger charge is -2.20. The second kappa shape index (κ2) is 6.61. The van der Waals surface area contributed by atoms with Crippen LogP contribution in [0.15, 0.2) is 18.2 Å². The Labute approximate surface area is 108 Å². The van der Waals surface area contributed by atoms with E-state index in [4.69, 9.17) is 0 Å². The zero-order chi connectivity index (χ0) is 13.7. The molecule has 0 saturated heterocycles. The van der Waals surface area contributed by atoms with E-state index in [2.05, 4.69) is 19.2 Å². The highest BCUT2D eigenvalue weighted by molar-refractivity contribution is 5.44. The molecule has 0 bridgehead atoms. The average Bonchev–Trinajstić information content (AvgIpc) is 2.25. The molecule has 0 aliphatic rings. The summed E-state index contributed by atoms with van der Waals surface area (Å²) in [7, 11) is 0. The third-order valence-electron chi connectivity index (χ3n) is 2.90. The molecule has 0 heterocycles. The second-order valence-electron chi connectivity index (χ2n) is 5.12. The van der Waals surface area contributed by atoms with Gasteiger partial charge in [-0.25, -0.2) is 0 Å². The van der Waals surface area contributed by atoms with Crippen LogP contribution in [-0.2, 0) is 0 Å². The molecule has 2 unspecified atom stereocenters. The minimum Gasteiger partial charge on any atom is -0.507 e. The number of nitrogens with one attached hydrogen (secondary N) is 1. The van der Waals surface area contributed by atoms with Crippen molar-refractivity contribution in [2.45, 2.75) is 39.3 Å². The fraction of sp³-hybridized carbons (Fsp3) is 0.571.